The minimum atomic E-state index is -4.70. The van der Waals surface area contributed by atoms with Gasteiger partial charge in [0, 0.05) is 32.2 Å². The number of ether oxygens (including phenoxy) is 1. The highest BCUT2D eigenvalue weighted by atomic mass is 19.4. The van der Waals surface area contributed by atoms with Crippen molar-refractivity contribution in [3.8, 4) is 5.75 Å². The van der Waals surface area contributed by atoms with Crippen molar-refractivity contribution in [2.45, 2.75) is 39.1 Å². The summed E-state index contributed by atoms with van der Waals surface area (Å²) in [6, 6.07) is 6.51. The molecule has 2 heterocycles. The third kappa shape index (κ3) is 5.98. The molecule has 0 amide bonds. The molecule has 6 nitrogen and oxygen atoms in total. The summed E-state index contributed by atoms with van der Waals surface area (Å²) in [5.74, 6) is 1.37. The van der Waals surface area contributed by atoms with E-state index in [-0.39, 0.29) is 11.7 Å². The molecule has 0 atom stereocenters. The first kappa shape index (κ1) is 22.1. The average Bonchev–Trinajstić information content (AvgIpc) is 2.65. The van der Waals surface area contributed by atoms with E-state index in [2.05, 4.69) is 43.7 Å². The fourth-order valence-corrected chi connectivity index (χ4v) is 3.31. The molecule has 0 fully saturated rings. The SMILES string of the molecule is CC(C)c1cc(N2CCc3ccc(OC(F)(F)F)cc3C2)nc(NCCN(C)C)n1. The van der Waals surface area contributed by atoms with Crippen molar-refractivity contribution in [2.24, 2.45) is 0 Å². The zero-order valence-corrected chi connectivity index (χ0v) is 17.8. The summed E-state index contributed by atoms with van der Waals surface area (Å²) < 4.78 is 41.8. The molecule has 0 saturated heterocycles. The molecular weight excluding hydrogens is 395 g/mol. The number of hydrogen-bond acceptors (Lipinski definition) is 6. The van der Waals surface area contributed by atoms with Crippen molar-refractivity contribution < 1.29 is 17.9 Å². The molecule has 1 aromatic heterocycles. The molecule has 1 aliphatic rings. The van der Waals surface area contributed by atoms with Crippen LogP contribution in [0.1, 0.15) is 36.6 Å². The Morgan fingerprint density at radius 1 is 1.17 bits per heavy atom. The average molecular weight is 423 g/mol. The minimum Gasteiger partial charge on any atom is -0.406 e. The number of likely N-dealkylation sites (N-methyl/N-ethyl adjacent to an activating group) is 1. The Bertz CT molecular complexity index is 870. The maximum absolute atomic E-state index is 12.6. The number of nitrogens with zero attached hydrogens (tertiary/aromatic N) is 4. The number of halogens is 3. The number of alkyl halides is 3. The van der Waals surface area contributed by atoms with Gasteiger partial charge in [0.2, 0.25) is 5.95 Å². The fourth-order valence-electron chi connectivity index (χ4n) is 3.31. The predicted octanol–water partition coefficient (Wildman–Crippen LogP) is 4.03. The molecule has 0 saturated carbocycles. The van der Waals surface area contributed by atoms with Gasteiger partial charge in [0.1, 0.15) is 11.6 Å². The molecule has 1 aliphatic heterocycles. The largest absolute Gasteiger partial charge is 0.573 e. The quantitative estimate of drug-likeness (QED) is 0.726. The molecule has 3 rings (SSSR count). The van der Waals surface area contributed by atoms with Crippen molar-refractivity contribution in [3.05, 3.63) is 41.1 Å². The topological polar surface area (TPSA) is 53.5 Å². The van der Waals surface area contributed by atoms with Gasteiger partial charge in [0.25, 0.3) is 0 Å². The van der Waals surface area contributed by atoms with Gasteiger partial charge < -0.3 is 19.9 Å². The van der Waals surface area contributed by atoms with Crippen LogP contribution in [-0.2, 0) is 13.0 Å². The van der Waals surface area contributed by atoms with Gasteiger partial charge in [-0.3, -0.25) is 0 Å². The van der Waals surface area contributed by atoms with Crippen molar-refractivity contribution in [1.82, 2.24) is 14.9 Å². The summed E-state index contributed by atoms with van der Waals surface area (Å²) in [6.45, 7) is 6.91. The van der Waals surface area contributed by atoms with E-state index in [4.69, 9.17) is 0 Å². The summed E-state index contributed by atoms with van der Waals surface area (Å²) in [7, 11) is 4.00. The van der Waals surface area contributed by atoms with Gasteiger partial charge in [-0.1, -0.05) is 19.9 Å². The van der Waals surface area contributed by atoms with E-state index < -0.39 is 6.36 Å². The minimum absolute atomic E-state index is 0.195. The standard InChI is InChI=1S/C21H28F3N5O/c1-14(2)18-12-19(27-20(26-18)25-8-10-28(3)4)29-9-7-15-5-6-17(11-16(15)13-29)30-21(22,23)24/h5-6,11-12,14H,7-10,13H2,1-4H3,(H,25,26,27). The molecule has 9 heteroatoms. The zero-order chi connectivity index (χ0) is 21.9. The normalized spacial score (nSPS) is 14.2. The molecule has 2 aromatic rings. The van der Waals surface area contributed by atoms with Crippen LogP contribution in [0.5, 0.6) is 5.75 Å². The smallest absolute Gasteiger partial charge is 0.406 e. The second kappa shape index (κ2) is 9.07. The highest BCUT2D eigenvalue weighted by Crippen LogP contribution is 2.30. The lowest BCUT2D eigenvalue weighted by Gasteiger charge is -2.30. The second-order valence-electron chi connectivity index (χ2n) is 8.01. The second-order valence-corrected chi connectivity index (χ2v) is 8.01. The zero-order valence-electron chi connectivity index (χ0n) is 17.8. The lowest BCUT2D eigenvalue weighted by molar-refractivity contribution is -0.274. The van der Waals surface area contributed by atoms with Gasteiger partial charge >= 0.3 is 6.36 Å². The molecule has 1 aromatic carbocycles. The van der Waals surface area contributed by atoms with Crippen LogP contribution >= 0.6 is 0 Å². The molecule has 1 N–H and O–H groups in total. The lowest BCUT2D eigenvalue weighted by Crippen LogP contribution is -2.31. The molecule has 0 spiro atoms. The van der Waals surface area contributed by atoms with Gasteiger partial charge in [0.15, 0.2) is 0 Å². The molecular formula is C21H28F3N5O. The van der Waals surface area contributed by atoms with E-state index in [1.54, 1.807) is 6.07 Å². The summed E-state index contributed by atoms with van der Waals surface area (Å²) in [5, 5.41) is 3.27. The highest BCUT2D eigenvalue weighted by Gasteiger charge is 2.31. The van der Waals surface area contributed by atoms with Gasteiger partial charge in [0.05, 0.1) is 5.69 Å². The molecule has 164 valence electrons. The Labute approximate surface area is 175 Å². The molecule has 30 heavy (non-hydrogen) atoms. The molecule has 0 aliphatic carbocycles. The molecule has 0 radical (unpaired) electrons. The third-order valence-corrected chi connectivity index (χ3v) is 4.91. The van der Waals surface area contributed by atoms with Crippen LogP contribution in [0.25, 0.3) is 0 Å². The Balaban J connectivity index is 1.82. The van der Waals surface area contributed by atoms with Crippen LogP contribution in [0, 0.1) is 0 Å². The highest BCUT2D eigenvalue weighted by molar-refractivity contribution is 5.49. The summed E-state index contributed by atoms with van der Waals surface area (Å²) in [4.78, 5) is 13.4. The number of anilines is 2. The Morgan fingerprint density at radius 3 is 2.60 bits per heavy atom. The third-order valence-electron chi connectivity index (χ3n) is 4.91. The molecule has 0 bridgehead atoms. The van der Waals surface area contributed by atoms with E-state index in [9.17, 15) is 13.2 Å². The maximum atomic E-state index is 12.6. The Kier molecular flexibility index (Phi) is 6.70. The van der Waals surface area contributed by atoms with Crippen LogP contribution in [0.2, 0.25) is 0 Å². The van der Waals surface area contributed by atoms with Gasteiger partial charge in [-0.2, -0.15) is 4.98 Å². The Hall–Kier alpha value is -2.55. The van der Waals surface area contributed by atoms with E-state index in [1.165, 1.54) is 12.1 Å². The van der Waals surface area contributed by atoms with Crippen molar-refractivity contribution in [2.75, 3.05) is 43.9 Å². The summed E-state index contributed by atoms with van der Waals surface area (Å²) in [5.41, 5.74) is 2.77. The van der Waals surface area contributed by atoms with E-state index in [0.717, 1.165) is 48.7 Å². The number of rotatable bonds is 7. The van der Waals surface area contributed by atoms with Gasteiger partial charge in [-0.05, 0) is 49.7 Å². The number of nitrogens with one attached hydrogen (secondary N) is 1. The number of benzene rings is 1. The lowest BCUT2D eigenvalue weighted by atomic mass is 9.99. The Morgan fingerprint density at radius 2 is 1.93 bits per heavy atom. The van der Waals surface area contributed by atoms with Crippen LogP contribution in [0.3, 0.4) is 0 Å². The molecule has 0 unspecified atom stereocenters. The van der Waals surface area contributed by atoms with Crippen LogP contribution in [0.15, 0.2) is 24.3 Å². The maximum Gasteiger partial charge on any atom is 0.573 e. The first-order valence-electron chi connectivity index (χ1n) is 10.0. The van der Waals surface area contributed by atoms with Crippen molar-refractivity contribution >= 4 is 11.8 Å². The number of hydrogen-bond donors (Lipinski definition) is 1. The van der Waals surface area contributed by atoms with E-state index >= 15 is 0 Å². The predicted molar refractivity (Wildman–Crippen MR) is 111 cm³/mol. The van der Waals surface area contributed by atoms with Crippen LogP contribution < -0.4 is 15.0 Å². The summed E-state index contributed by atoms with van der Waals surface area (Å²) >= 11 is 0. The van der Waals surface area contributed by atoms with Crippen LogP contribution in [0.4, 0.5) is 24.9 Å². The van der Waals surface area contributed by atoms with Crippen LogP contribution in [-0.4, -0.2) is 55.0 Å². The van der Waals surface area contributed by atoms with E-state index in [0.29, 0.717) is 12.5 Å². The van der Waals surface area contributed by atoms with Gasteiger partial charge in [-0.15, -0.1) is 13.2 Å². The number of fused-ring (bicyclic) bond motifs is 1. The first-order chi connectivity index (χ1) is 14.1. The van der Waals surface area contributed by atoms with E-state index in [1.807, 2.05) is 20.2 Å². The fraction of sp³-hybridized carbons (Fsp3) is 0.524. The van der Waals surface area contributed by atoms with Gasteiger partial charge in [-0.25, -0.2) is 4.98 Å². The monoisotopic (exact) mass is 423 g/mol. The number of aromatic nitrogens is 2. The summed E-state index contributed by atoms with van der Waals surface area (Å²) in [6.07, 6.45) is -3.97. The van der Waals surface area contributed by atoms with Crippen molar-refractivity contribution in [3.63, 3.8) is 0 Å². The van der Waals surface area contributed by atoms with Crippen molar-refractivity contribution in [1.29, 1.82) is 0 Å². The first-order valence-corrected chi connectivity index (χ1v) is 10.0.